The number of carbonyl (C=O) groups is 1. The molecule has 0 bridgehead atoms. The van der Waals surface area contributed by atoms with Gasteiger partial charge in [0.25, 0.3) is 5.91 Å². The van der Waals surface area contributed by atoms with E-state index in [-0.39, 0.29) is 11.7 Å². The number of aromatic nitrogens is 2. The largest absolute Gasteiger partial charge is 0.272 e. The first kappa shape index (κ1) is 18.2. The van der Waals surface area contributed by atoms with Crippen molar-refractivity contribution in [2.75, 3.05) is 5.75 Å². The third-order valence-corrected chi connectivity index (χ3v) is 3.83. The van der Waals surface area contributed by atoms with Crippen molar-refractivity contribution < 1.29 is 4.79 Å². The molecule has 0 saturated carbocycles. The lowest BCUT2D eigenvalue weighted by atomic mass is 10.2. The highest BCUT2D eigenvalue weighted by atomic mass is 35.5. The smallest absolute Gasteiger partial charge is 0.250 e. The number of hydrogen-bond acceptors (Lipinski definition) is 5. The molecule has 1 aromatic carbocycles. The lowest BCUT2D eigenvalue weighted by Gasteiger charge is -2.02. The fourth-order valence-electron chi connectivity index (χ4n) is 1.83. The van der Waals surface area contributed by atoms with Crippen molar-refractivity contribution >= 4 is 41.6 Å². The molecule has 24 heavy (non-hydrogen) atoms. The lowest BCUT2D eigenvalue weighted by Crippen LogP contribution is -2.19. The maximum atomic E-state index is 11.8. The van der Waals surface area contributed by atoms with Gasteiger partial charge in [-0.25, -0.2) is 15.4 Å². The second-order valence-electron chi connectivity index (χ2n) is 4.96. The minimum atomic E-state index is -0.247. The fraction of sp³-hybridized carbons (Fsp3) is 0.176. The summed E-state index contributed by atoms with van der Waals surface area (Å²) in [5.74, 6) is -0.0662. The molecule has 0 saturated heterocycles. The molecule has 5 nitrogen and oxygen atoms in total. The van der Waals surface area contributed by atoms with Crippen molar-refractivity contribution in [3.63, 3.8) is 0 Å². The molecule has 2 aromatic rings. The molecule has 0 radical (unpaired) electrons. The molecule has 0 aliphatic rings. The second-order valence-corrected chi connectivity index (χ2v) is 6.33. The second kappa shape index (κ2) is 9.20. The molecule has 1 aromatic heterocycles. The van der Waals surface area contributed by atoms with E-state index >= 15 is 0 Å². The van der Waals surface area contributed by atoms with Crippen LogP contribution in [0.2, 0.25) is 0 Å². The predicted octanol–water partition coefficient (Wildman–Crippen LogP) is 3.57. The van der Waals surface area contributed by atoms with Crippen molar-refractivity contribution in [3.8, 4) is 0 Å². The Hall–Kier alpha value is -2.18. The number of hydrazone groups is 1. The third kappa shape index (κ3) is 6.52. The topological polar surface area (TPSA) is 67.2 Å². The Morgan fingerprint density at radius 1 is 1.25 bits per heavy atom. The number of amides is 1. The van der Waals surface area contributed by atoms with E-state index in [4.69, 9.17) is 11.6 Å². The fourth-order valence-corrected chi connectivity index (χ4v) is 2.75. The molecule has 0 atom stereocenters. The Kier molecular flexibility index (Phi) is 6.96. The summed E-state index contributed by atoms with van der Waals surface area (Å²) in [7, 11) is 0. The monoisotopic (exact) mass is 360 g/mol. The first-order valence-electron chi connectivity index (χ1n) is 7.22. The normalized spacial score (nSPS) is 11.7. The predicted molar refractivity (Wildman–Crippen MR) is 99.1 cm³/mol. The minimum absolute atomic E-state index is 0.181. The minimum Gasteiger partial charge on any atom is -0.272 e. The number of carbonyl (C=O) groups excluding carboxylic acids is 1. The van der Waals surface area contributed by atoms with Crippen molar-refractivity contribution in [1.82, 2.24) is 15.4 Å². The van der Waals surface area contributed by atoms with Crippen LogP contribution < -0.4 is 5.43 Å². The Balaban J connectivity index is 1.81. The number of rotatable bonds is 6. The highest BCUT2D eigenvalue weighted by Gasteiger charge is 2.05. The zero-order chi connectivity index (χ0) is 17.4. The summed E-state index contributed by atoms with van der Waals surface area (Å²) in [5.41, 5.74) is 5.14. The number of halogens is 1. The molecule has 0 spiro atoms. The zero-order valence-electron chi connectivity index (χ0n) is 13.4. The number of nitrogens with zero attached hydrogens (tertiary/aromatic N) is 3. The van der Waals surface area contributed by atoms with Crippen LogP contribution in [0, 0.1) is 13.8 Å². The molecule has 1 N–H and O–H groups in total. The average molecular weight is 361 g/mol. The maximum Gasteiger partial charge on any atom is 0.250 e. The Labute approximate surface area is 150 Å². The van der Waals surface area contributed by atoms with E-state index in [9.17, 15) is 4.79 Å². The molecule has 0 aliphatic carbocycles. The van der Waals surface area contributed by atoms with Gasteiger partial charge in [-0.15, -0.1) is 0 Å². The van der Waals surface area contributed by atoms with E-state index in [1.807, 2.05) is 50.2 Å². The standard InChI is InChI=1S/C17H17ClN4OS/c1-12-8-13(2)21-17(20-12)24-11-16(23)22-19-10-15(18)9-14-6-4-3-5-7-14/h3-10H,11H2,1-2H3,(H,22,23). The summed E-state index contributed by atoms with van der Waals surface area (Å²) in [6.07, 6.45) is 3.15. The quantitative estimate of drug-likeness (QED) is 0.370. The average Bonchev–Trinajstić information content (AvgIpc) is 2.53. The highest BCUT2D eigenvalue weighted by Crippen LogP contribution is 2.13. The van der Waals surface area contributed by atoms with E-state index in [1.165, 1.54) is 18.0 Å². The molecular formula is C17H17ClN4OS. The molecule has 1 amide bonds. The van der Waals surface area contributed by atoms with Crippen LogP contribution in [0.4, 0.5) is 0 Å². The summed E-state index contributed by atoms with van der Waals surface area (Å²) in [4.78, 5) is 20.3. The zero-order valence-corrected chi connectivity index (χ0v) is 14.9. The third-order valence-electron chi connectivity index (χ3n) is 2.78. The summed E-state index contributed by atoms with van der Waals surface area (Å²) >= 11 is 7.30. The van der Waals surface area contributed by atoms with Gasteiger partial charge in [0.15, 0.2) is 5.16 Å². The van der Waals surface area contributed by atoms with E-state index in [1.54, 1.807) is 6.08 Å². The van der Waals surface area contributed by atoms with Crippen LogP contribution >= 0.6 is 23.4 Å². The van der Waals surface area contributed by atoms with Gasteiger partial charge in [0.1, 0.15) is 0 Å². The van der Waals surface area contributed by atoms with Gasteiger partial charge in [0.05, 0.1) is 17.0 Å². The number of allylic oxidation sites excluding steroid dienone is 1. The van der Waals surface area contributed by atoms with E-state index in [2.05, 4.69) is 20.5 Å². The van der Waals surface area contributed by atoms with Crippen LogP contribution in [0.3, 0.4) is 0 Å². The van der Waals surface area contributed by atoms with Gasteiger partial charge in [0, 0.05) is 11.4 Å². The summed E-state index contributed by atoms with van der Waals surface area (Å²) in [6.45, 7) is 3.79. The van der Waals surface area contributed by atoms with Gasteiger partial charge in [0.2, 0.25) is 0 Å². The van der Waals surface area contributed by atoms with Crippen molar-refractivity contribution in [1.29, 1.82) is 0 Å². The Bertz CT molecular complexity index is 742. The van der Waals surface area contributed by atoms with E-state index in [0.29, 0.717) is 10.2 Å². The van der Waals surface area contributed by atoms with Gasteiger partial charge in [-0.05, 0) is 31.6 Å². The molecule has 2 rings (SSSR count). The van der Waals surface area contributed by atoms with Crippen molar-refractivity contribution in [3.05, 3.63) is 58.4 Å². The molecule has 124 valence electrons. The first-order valence-corrected chi connectivity index (χ1v) is 8.58. The van der Waals surface area contributed by atoms with E-state index in [0.717, 1.165) is 17.0 Å². The molecule has 0 fully saturated rings. The molecular weight excluding hydrogens is 344 g/mol. The van der Waals surface area contributed by atoms with Crippen LogP contribution in [0.5, 0.6) is 0 Å². The summed E-state index contributed by atoms with van der Waals surface area (Å²) in [6, 6.07) is 11.5. The molecule has 1 heterocycles. The van der Waals surface area contributed by atoms with E-state index < -0.39 is 0 Å². The molecule has 7 heteroatoms. The van der Waals surface area contributed by atoms with Crippen LogP contribution in [0.15, 0.2) is 51.7 Å². The van der Waals surface area contributed by atoms with Gasteiger partial charge >= 0.3 is 0 Å². The van der Waals surface area contributed by atoms with Gasteiger partial charge in [-0.1, -0.05) is 53.7 Å². The number of aryl methyl sites for hydroxylation is 2. The van der Waals surface area contributed by atoms with Crippen LogP contribution in [-0.2, 0) is 4.79 Å². The number of hydrogen-bond donors (Lipinski definition) is 1. The maximum absolute atomic E-state index is 11.8. The Morgan fingerprint density at radius 2 is 1.92 bits per heavy atom. The summed E-state index contributed by atoms with van der Waals surface area (Å²) in [5, 5.41) is 4.84. The molecule has 0 aliphatic heterocycles. The van der Waals surface area contributed by atoms with Crippen LogP contribution in [0.25, 0.3) is 6.08 Å². The number of benzene rings is 1. The lowest BCUT2D eigenvalue weighted by molar-refractivity contribution is -0.118. The Morgan fingerprint density at radius 3 is 2.58 bits per heavy atom. The molecule has 0 unspecified atom stereocenters. The van der Waals surface area contributed by atoms with Crippen molar-refractivity contribution in [2.24, 2.45) is 5.10 Å². The first-order chi connectivity index (χ1) is 11.5. The van der Waals surface area contributed by atoms with Gasteiger partial charge < -0.3 is 0 Å². The van der Waals surface area contributed by atoms with Crippen LogP contribution in [0.1, 0.15) is 17.0 Å². The highest BCUT2D eigenvalue weighted by molar-refractivity contribution is 7.99. The SMILES string of the molecule is Cc1cc(C)nc(SCC(=O)NN=CC(Cl)=Cc2ccccc2)n1. The van der Waals surface area contributed by atoms with Gasteiger partial charge in [-0.2, -0.15) is 5.10 Å². The van der Waals surface area contributed by atoms with Crippen molar-refractivity contribution in [2.45, 2.75) is 19.0 Å². The number of thioether (sulfide) groups is 1. The summed E-state index contributed by atoms with van der Waals surface area (Å²) < 4.78 is 0. The van der Waals surface area contributed by atoms with Crippen LogP contribution in [-0.4, -0.2) is 27.8 Å². The van der Waals surface area contributed by atoms with Gasteiger partial charge in [-0.3, -0.25) is 4.79 Å². The number of nitrogens with one attached hydrogen (secondary N) is 1.